The normalized spacial score (nSPS) is 15.7. The Balaban J connectivity index is 2.09. The van der Waals surface area contributed by atoms with E-state index in [0.717, 1.165) is 16.6 Å². The van der Waals surface area contributed by atoms with E-state index in [4.69, 9.17) is 4.74 Å². The molecule has 0 bridgehead atoms. The number of benzene rings is 1. The van der Waals surface area contributed by atoms with E-state index >= 15 is 0 Å². The van der Waals surface area contributed by atoms with Crippen molar-refractivity contribution in [2.45, 2.75) is 45.1 Å². The molecule has 1 aromatic carbocycles. The first kappa shape index (κ1) is 12.3. The van der Waals surface area contributed by atoms with Crippen LogP contribution in [0.5, 0.6) is 0 Å². The number of fused-ring (bicyclic) bond motifs is 1. The van der Waals surface area contributed by atoms with E-state index in [0.29, 0.717) is 5.92 Å². The summed E-state index contributed by atoms with van der Waals surface area (Å²) >= 11 is 0. The Labute approximate surface area is 113 Å². The maximum absolute atomic E-state index is 12.4. The number of carbonyl (C=O) groups excluding carboxylic acids is 1. The van der Waals surface area contributed by atoms with Gasteiger partial charge < -0.3 is 4.74 Å². The van der Waals surface area contributed by atoms with Crippen molar-refractivity contribution in [3.8, 4) is 0 Å². The van der Waals surface area contributed by atoms with Crippen molar-refractivity contribution in [2.24, 2.45) is 0 Å². The van der Waals surface area contributed by atoms with E-state index in [-0.39, 0.29) is 6.09 Å². The van der Waals surface area contributed by atoms with E-state index in [1.54, 1.807) is 4.57 Å². The Kier molecular flexibility index (Phi) is 2.66. The van der Waals surface area contributed by atoms with E-state index in [2.05, 4.69) is 6.07 Å². The molecule has 100 valence electrons. The second-order valence-corrected chi connectivity index (χ2v) is 6.22. The molecule has 1 aliphatic rings. The molecule has 0 amide bonds. The van der Waals surface area contributed by atoms with E-state index in [9.17, 15) is 4.79 Å². The molecular formula is C16H19NO2. The molecule has 19 heavy (non-hydrogen) atoms. The summed E-state index contributed by atoms with van der Waals surface area (Å²) < 4.78 is 7.28. The van der Waals surface area contributed by atoms with Gasteiger partial charge in [0, 0.05) is 11.1 Å². The largest absolute Gasteiger partial charge is 0.443 e. The van der Waals surface area contributed by atoms with Gasteiger partial charge in [-0.1, -0.05) is 18.2 Å². The zero-order chi connectivity index (χ0) is 13.6. The summed E-state index contributed by atoms with van der Waals surface area (Å²) in [5.41, 5.74) is 1.57. The molecular weight excluding hydrogens is 238 g/mol. The molecule has 0 spiro atoms. The highest BCUT2D eigenvalue weighted by Crippen LogP contribution is 2.42. The topological polar surface area (TPSA) is 31.2 Å². The highest BCUT2D eigenvalue weighted by molar-refractivity contribution is 5.91. The molecule has 2 aromatic rings. The third-order valence-corrected chi connectivity index (χ3v) is 3.31. The quantitative estimate of drug-likeness (QED) is 0.762. The highest BCUT2D eigenvalue weighted by atomic mass is 16.6. The lowest BCUT2D eigenvalue weighted by Gasteiger charge is -2.21. The monoisotopic (exact) mass is 257 g/mol. The first-order chi connectivity index (χ1) is 8.96. The number of nitrogens with zero attached hydrogens (tertiary/aromatic N) is 1. The molecule has 1 aliphatic carbocycles. The van der Waals surface area contributed by atoms with Gasteiger partial charge in [0.1, 0.15) is 5.60 Å². The average Bonchev–Trinajstić information content (AvgIpc) is 3.07. The smallest absolute Gasteiger partial charge is 0.419 e. The minimum atomic E-state index is -0.469. The fourth-order valence-corrected chi connectivity index (χ4v) is 2.37. The van der Waals surface area contributed by atoms with Gasteiger partial charge in [0.15, 0.2) is 0 Å². The van der Waals surface area contributed by atoms with Crippen molar-refractivity contribution in [3.63, 3.8) is 0 Å². The molecule has 0 radical (unpaired) electrons. The summed E-state index contributed by atoms with van der Waals surface area (Å²) in [6.45, 7) is 5.69. The minimum absolute atomic E-state index is 0.268. The van der Waals surface area contributed by atoms with Gasteiger partial charge in [-0.05, 0) is 51.7 Å². The number of ether oxygens (including phenoxy) is 1. The Morgan fingerprint density at radius 1 is 1.26 bits per heavy atom. The summed E-state index contributed by atoms with van der Waals surface area (Å²) in [5.74, 6) is 0.514. The molecule has 1 fully saturated rings. The second kappa shape index (κ2) is 4.12. The van der Waals surface area contributed by atoms with Crippen LogP contribution in [0.1, 0.15) is 45.2 Å². The Hall–Kier alpha value is -1.77. The van der Waals surface area contributed by atoms with Crippen molar-refractivity contribution in [1.82, 2.24) is 4.57 Å². The van der Waals surface area contributed by atoms with E-state index in [1.807, 2.05) is 45.0 Å². The highest BCUT2D eigenvalue weighted by Gasteiger charge is 2.31. The predicted molar refractivity (Wildman–Crippen MR) is 75.5 cm³/mol. The molecule has 0 unspecified atom stereocenters. The summed E-state index contributed by atoms with van der Waals surface area (Å²) in [5, 5.41) is 1.11. The zero-order valence-corrected chi connectivity index (χ0v) is 11.6. The lowest BCUT2D eigenvalue weighted by Crippen LogP contribution is -2.27. The summed E-state index contributed by atoms with van der Waals surface area (Å²) in [7, 11) is 0. The van der Waals surface area contributed by atoms with Gasteiger partial charge in [0.2, 0.25) is 0 Å². The van der Waals surface area contributed by atoms with Crippen molar-refractivity contribution < 1.29 is 9.53 Å². The molecule has 3 rings (SSSR count). The zero-order valence-electron chi connectivity index (χ0n) is 11.6. The summed E-state index contributed by atoms with van der Waals surface area (Å²) in [4.78, 5) is 12.4. The van der Waals surface area contributed by atoms with Crippen LogP contribution in [0.4, 0.5) is 4.79 Å². The number of hydrogen-bond donors (Lipinski definition) is 0. The Bertz CT molecular complexity index is 630. The van der Waals surface area contributed by atoms with Crippen LogP contribution >= 0.6 is 0 Å². The molecule has 1 aromatic heterocycles. The lowest BCUT2D eigenvalue weighted by molar-refractivity contribution is 0.0540. The fourth-order valence-electron chi connectivity index (χ4n) is 2.37. The van der Waals surface area contributed by atoms with Gasteiger partial charge in [-0.15, -0.1) is 0 Å². The lowest BCUT2D eigenvalue weighted by atomic mass is 10.2. The van der Waals surface area contributed by atoms with Crippen molar-refractivity contribution in [2.75, 3.05) is 0 Å². The minimum Gasteiger partial charge on any atom is -0.443 e. The molecule has 1 saturated carbocycles. The molecule has 0 N–H and O–H groups in total. The fraction of sp³-hybridized carbons (Fsp3) is 0.438. The van der Waals surface area contributed by atoms with E-state index < -0.39 is 5.60 Å². The van der Waals surface area contributed by atoms with Gasteiger partial charge in [0.25, 0.3) is 0 Å². The van der Waals surface area contributed by atoms with Crippen LogP contribution in [0.3, 0.4) is 0 Å². The van der Waals surface area contributed by atoms with Gasteiger partial charge in [-0.3, -0.25) is 0 Å². The van der Waals surface area contributed by atoms with Crippen LogP contribution in [0.2, 0.25) is 0 Å². The van der Waals surface area contributed by atoms with Crippen LogP contribution in [0, 0.1) is 0 Å². The van der Waals surface area contributed by atoms with Crippen LogP contribution in [0.25, 0.3) is 10.9 Å². The SMILES string of the molecule is CC(C)(C)OC(=O)n1c(C2CC2)cc2ccccc21. The Morgan fingerprint density at radius 3 is 2.58 bits per heavy atom. The standard InChI is InChI=1S/C16H19NO2/c1-16(2,3)19-15(18)17-13-7-5-4-6-12(13)10-14(17)11-8-9-11/h4-7,10-11H,8-9H2,1-3H3. The van der Waals surface area contributed by atoms with Crippen molar-refractivity contribution in [1.29, 1.82) is 0 Å². The molecule has 0 saturated heterocycles. The van der Waals surface area contributed by atoms with Gasteiger partial charge >= 0.3 is 6.09 Å². The first-order valence-electron chi connectivity index (χ1n) is 6.79. The maximum atomic E-state index is 12.4. The Morgan fingerprint density at radius 2 is 1.95 bits per heavy atom. The summed E-state index contributed by atoms with van der Waals surface area (Å²) in [6, 6.07) is 10.1. The predicted octanol–water partition coefficient (Wildman–Crippen LogP) is 4.30. The van der Waals surface area contributed by atoms with Crippen molar-refractivity contribution in [3.05, 3.63) is 36.0 Å². The molecule has 1 heterocycles. The number of carbonyl (C=O) groups is 1. The van der Waals surface area contributed by atoms with Gasteiger partial charge in [0.05, 0.1) is 5.52 Å². The first-order valence-corrected chi connectivity index (χ1v) is 6.79. The van der Waals surface area contributed by atoms with Crippen LogP contribution in [-0.2, 0) is 4.74 Å². The van der Waals surface area contributed by atoms with Crippen molar-refractivity contribution >= 4 is 17.0 Å². The third kappa shape index (κ3) is 2.37. The molecule has 3 heteroatoms. The molecule has 3 nitrogen and oxygen atoms in total. The summed E-state index contributed by atoms with van der Waals surface area (Å²) in [6.07, 6.45) is 2.06. The average molecular weight is 257 g/mol. The third-order valence-electron chi connectivity index (χ3n) is 3.31. The molecule has 0 atom stereocenters. The second-order valence-electron chi connectivity index (χ2n) is 6.22. The number of aromatic nitrogens is 1. The van der Waals surface area contributed by atoms with Crippen LogP contribution < -0.4 is 0 Å². The number of para-hydroxylation sites is 1. The van der Waals surface area contributed by atoms with Crippen LogP contribution in [0.15, 0.2) is 30.3 Å². The van der Waals surface area contributed by atoms with Gasteiger partial charge in [-0.25, -0.2) is 9.36 Å². The van der Waals surface area contributed by atoms with Crippen LogP contribution in [-0.4, -0.2) is 16.3 Å². The maximum Gasteiger partial charge on any atom is 0.419 e. The van der Waals surface area contributed by atoms with Gasteiger partial charge in [-0.2, -0.15) is 0 Å². The number of hydrogen-bond acceptors (Lipinski definition) is 2. The molecule has 0 aliphatic heterocycles. The van der Waals surface area contributed by atoms with E-state index in [1.165, 1.54) is 12.8 Å². The number of rotatable bonds is 1.